The number of aromatic nitrogens is 3. The van der Waals surface area contributed by atoms with E-state index in [1.807, 2.05) is 6.26 Å². The molecule has 0 bridgehead atoms. The minimum absolute atomic E-state index is 0.0927. The first kappa shape index (κ1) is 14.0. The van der Waals surface area contributed by atoms with Crippen LogP contribution in [0.2, 0.25) is 0 Å². The van der Waals surface area contributed by atoms with Crippen molar-refractivity contribution in [1.82, 2.24) is 15.2 Å². The van der Waals surface area contributed by atoms with Crippen LogP contribution >= 0.6 is 34.9 Å². The predicted octanol–water partition coefficient (Wildman–Crippen LogP) is 2.00. The van der Waals surface area contributed by atoms with Crippen LogP contribution < -0.4 is 11.3 Å². The van der Waals surface area contributed by atoms with Gasteiger partial charge in [-0.1, -0.05) is 23.1 Å². The number of nitrogens with one attached hydrogen (secondary N) is 1. The Hall–Kier alpha value is -1.43. The highest BCUT2D eigenvalue weighted by atomic mass is 32.2. The molecular formula is C8H8N6O2S3. The highest BCUT2D eigenvalue weighted by Gasteiger charge is 2.19. The maximum absolute atomic E-state index is 10.9. The number of hydrazine groups is 1. The summed E-state index contributed by atoms with van der Waals surface area (Å²) >= 11 is 3.91. The topological polar surface area (TPSA) is 120 Å². The number of nitrogen functional groups attached to an aromatic ring is 1. The third-order valence-corrected chi connectivity index (χ3v) is 4.87. The first-order valence-electron chi connectivity index (χ1n) is 4.81. The second-order valence-electron chi connectivity index (χ2n) is 3.06. The van der Waals surface area contributed by atoms with E-state index in [4.69, 9.17) is 5.84 Å². The van der Waals surface area contributed by atoms with E-state index in [1.165, 1.54) is 35.2 Å². The van der Waals surface area contributed by atoms with Gasteiger partial charge >= 0.3 is 5.69 Å². The first-order chi connectivity index (χ1) is 9.13. The molecule has 0 atom stereocenters. The van der Waals surface area contributed by atoms with Gasteiger partial charge in [0.25, 0.3) is 0 Å². The Kier molecular flexibility index (Phi) is 4.52. The van der Waals surface area contributed by atoms with Crippen molar-refractivity contribution in [3.8, 4) is 0 Å². The number of nitrogens with zero attached hydrogens (tertiary/aromatic N) is 4. The van der Waals surface area contributed by atoms with Crippen LogP contribution in [-0.2, 0) is 0 Å². The van der Waals surface area contributed by atoms with E-state index in [2.05, 4.69) is 20.6 Å². The molecule has 8 nitrogen and oxygen atoms in total. The fourth-order valence-corrected chi connectivity index (χ4v) is 3.57. The summed E-state index contributed by atoms with van der Waals surface area (Å²) in [7, 11) is 0. The maximum Gasteiger partial charge on any atom is 0.301 e. The number of nitro groups is 1. The van der Waals surface area contributed by atoms with E-state index in [-0.39, 0.29) is 10.7 Å². The van der Waals surface area contributed by atoms with Crippen LogP contribution in [0.1, 0.15) is 0 Å². The molecule has 11 heteroatoms. The van der Waals surface area contributed by atoms with Crippen molar-refractivity contribution >= 4 is 46.4 Å². The Balaban J connectivity index is 2.33. The Bertz CT molecular complexity index is 604. The average Bonchev–Trinajstić information content (AvgIpc) is 2.86. The largest absolute Gasteiger partial charge is 0.308 e. The van der Waals surface area contributed by atoms with E-state index in [1.54, 1.807) is 0 Å². The van der Waals surface area contributed by atoms with Gasteiger partial charge in [0.15, 0.2) is 13.7 Å². The monoisotopic (exact) mass is 316 g/mol. The molecule has 0 unspecified atom stereocenters. The van der Waals surface area contributed by atoms with Crippen LogP contribution in [0.5, 0.6) is 0 Å². The Morgan fingerprint density at radius 3 is 2.74 bits per heavy atom. The van der Waals surface area contributed by atoms with Gasteiger partial charge in [-0.3, -0.25) is 10.1 Å². The van der Waals surface area contributed by atoms with Crippen molar-refractivity contribution in [2.24, 2.45) is 5.84 Å². The highest BCUT2D eigenvalue weighted by molar-refractivity contribution is 8.03. The number of nitrogens with two attached hydrogens (primary N) is 1. The maximum atomic E-state index is 10.9. The van der Waals surface area contributed by atoms with Crippen LogP contribution in [0.25, 0.3) is 0 Å². The molecule has 2 rings (SSSR count). The highest BCUT2D eigenvalue weighted by Crippen LogP contribution is 2.36. The lowest BCUT2D eigenvalue weighted by Crippen LogP contribution is -2.09. The third kappa shape index (κ3) is 3.32. The van der Waals surface area contributed by atoms with Crippen molar-refractivity contribution in [3.05, 3.63) is 22.2 Å². The summed E-state index contributed by atoms with van der Waals surface area (Å²) in [5, 5.41) is 19.0. The molecule has 0 fully saturated rings. The second-order valence-corrected chi connectivity index (χ2v) is 6.33. The van der Waals surface area contributed by atoms with Gasteiger partial charge in [-0.05, 0) is 24.1 Å². The molecular weight excluding hydrogens is 308 g/mol. The van der Waals surface area contributed by atoms with Gasteiger partial charge in [-0.2, -0.15) is 0 Å². The van der Waals surface area contributed by atoms with Gasteiger partial charge in [-0.15, -0.1) is 10.2 Å². The van der Waals surface area contributed by atoms with Crippen LogP contribution in [-0.4, -0.2) is 26.4 Å². The van der Waals surface area contributed by atoms with Gasteiger partial charge in [0, 0.05) is 6.07 Å². The normalized spacial score (nSPS) is 10.4. The van der Waals surface area contributed by atoms with Gasteiger partial charge in [0.2, 0.25) is 0 Å². The molecule has 2 aromatic heterocycles. The Labute approximate surface area is 120 Å². The lowest BCUT2D eigenvalue weighted by atomic mass is 10.4. The lowest BCUT2D eigenvalue weighted by molar-refractivity contribution is -0.388. The summed E-state index contributed by atoms with van der Waals surface area (Å²) in [6.07, 6.45) is 1.88. The smallest absolute Gasteiger partial charge is 0.301 e. The molecule has 0 saturated heterocycles. The predicted molar refractivity (Wildman–Crippen MR) is 74.5 cm³/mol. The molecule has 0 aliphatic carbocycles. The summed E-state index contributed by atoms with van der Waals surface area (Å²) in [5.41, 5.74) is 2.26. The molecule has 0 aliphatic heterocycles. The molecule has 0 aromatic carbocycles. The van der Waals surface area contributed by atoms with E-state index in [9.17, 15) is 10.1 Å². The second kappa shape index (κ2) is 6.14. The van der Waals surface area contributed by atoms with E-state index < -0.39 is 4.92 Å². The minimum atomic E-state index is -0.494. The summed E-state index contributed by atoms with van der Waals surface area (Å²) < 4.78 is 1.38. The fourth-order valence-electron chi connectivity index (χ4n) is 1.13. The van der Waals surface area contributed by atoms with Crippen molar-refractivity contribution < 1.29 is 4.92 Å². The quantitative estimate of drug-likeness (QED) is 0.369. The van der Waals surface area contributed by atoms with Crippen LogP contribution in [0.4, 0.5) is 11.5 Å². The number of anilines is 1. The van der Waals surface area contributed by atoms with Crippen molar-refractivity contribution in [2.45, 2.75) is 13.7 Å². The van der Waals surface area contributed by atoms with Crippen molar-refractivity contribution in [1.29, 1.82) is 0 Å². The lowest BCUT2D eigenvalue weighted by Gasteiger charge is -2.02. The Morgan fingerprint density at radius 1 is 1.42 bits per heavy atom. The molecule has 100 valence electrons. The molecule has 0 aliphatic rings. The summed E-state index contributed by atoms with van der Waals surface area (Å²) in [5.74, 6) is 5.59. The molecule has 0 radical (unpaired) electrons. The van der Waals surface area contributed by atoms with Gasteiger partial charge in [0.05, 0.1) is 4.92 Å². The number of hydrogen-bond acceptors (Lipinski definition) is 10. The van der Waals surface area contributed by atoms with E-state index in [0.29, 0.717) is 10.2 Å². The number of hydrogen-bond donors (Lipinski definition) is 2. The number of thioether (sulfide) groups is 1. The zero-order valence-electron chi connectivity index (χ0n) is 9.56. The minimum Gasteiger partial charge on any atom is -0.308 e. The van der Waals surface area contributed by atoms with E-state index in [0.717, 1.165) is 16.1 Å². The first-order valence-corrected chi connectivity index (χ1v) is 7.67. The van der Waals surface area contributed by atoms with Gasteiger partial charge < -0.3 is 5.43 Å². The van der Waals surface area contributed by atoms with Crippen LogP contribution in [0.3, 0.4) is 0 Å². The SMILES string of the molecule is CSc1nnc(Sc2nc(NN)ccc2[N+](=O)[O-])s1. The molecule has 19 heavy (non-hydrogen) atoms. The molecule has 0 amide bonds. The zero-order valence-corrected chi connectivity index (χ0v) is 12.0. The molecule has 2 aromatic rings. The Morgan fingerprint density at radius 2 is 2.16 bits per heavy atom. The molecule has 0 spiro atoms. The third-order valence-electron chi connectivity index (χ3n) is 1.93. The fraction of sp³-hybridized carbons (Fsp3) is 0.125. The van der Waals surface area contributed by atoms with Gasteiger partial charge in [-0.25, -0.2) is 10.8 Å². The van der Waals surface area contributed by atoms with Crippen LogP contribution in [0.15, 0.2) is 25.8 Å². The average molecular weight is 316 g/mol. The van der Waals surface area contributed by atoms with Gasteiger partial charge in [0.1, 0.15) is 5.82 Å². The zero-order chi connectivity index (χ0) is 13.8. The van der Waals surface area contributed by atoms with Crippen molar-refractivity contribution in [3.63, 3.8) is 0 Å². The van der Waals surface area contributed by atoms with E-state index >= 15 is 0 Å². The standard InChI is InChI=1S/C8H8N6O2S3/c1-17-7-12-13-8(19-7)18-6-4(14(15)16)2-3-5(10-6)11-9/h2-3H,9H2,1H3,(H,10,11). The molecule has 0 saturated carbocycles. The summed E-state index contributed by atoms with van der Waals surface area (Å²) in [6, 6.07) is 2.79. The summed E-state index contributed by atoms with van der Waals surface area (Å²) in [6.45, 7) is 0. The summed E-state index contributed by atoms with van der Waals surface area (Å²) in [4.78, 5) is 14.5. The number of pyridine rings is 1. The number of rotatable bonds is 5. The molecule has 3 N–H and O–H groups in total. The van der Waals surface area contributed by atoms with Crippen molar-refractivity contribution in [2.75, 3.05) is 11.7 Å². The van der Waals surface area contributed by atoms with Crippen LogP contribution in [0, 0.1) is 10.1 Å². The molecule has 2 heterocycles.